The molecule has 1 aromatic rings. The zero-order valence-electron chi connectivity index (χ0n) is 10.8. The summed E-state index contributed by atoms with van der Waals surface area (Å²) < 4.78 is 13.1. The first kappa shape index (κ1) is 13.4. The van der Waals surface area contributed by atoms with Crippen LogP contribution in [0.1, 0.15) is 44.2 Å². The molecular weight excluding hydrogens is 231 g/mol. The minimum Gasteiger partial charge on any atom is -0.393 e. The Hall–Kier alpha value is -1.00. The molecule has 18 heavy (non-hydrogen) atoms. The Balaban J connectivity index is 1.82. The number of pyridine rings is 1. The van der Waals surface area contributed by atoms with Crippen molar-refractivity contribution >= 4 is 0 Å². The van der Waals surface area contributed by atoms with Gasteiger partial charge in [0.25, 0.3) is 0 Å². The van der Waals surface area contributed by atoms with Crippen LogP contribution in [0.5, 0.6) is 0 Å². The topological polar surface area (TPSA) is 45.1 Å². The van der Waals surface area contributed by atoms with E-state index in [0.29, 0.717) is 5.92 Å². The van der Waals surface area contributed by atoms with E-state index < -0.39 is 0 Å². The minimum absolute atomic E-state index is 0.0901. The van der Waals surface area contributed by atoms with E-state index in [1.54, 1.807) is 6.20 Å². The lowest BCUT2D eigenvalue weighted by molar-refractivity contribution is 0.0998. The number of halogens is 1. The molecule has 0 bridgehead atoms. The number of nitrogens with zero attached hydrogens (tertiary/aromatic N) is 1. The van der Waals surface area contributed by atoms with Gasteiger partial charge in [-0.15, -0.1) is 0 Å². The Labute approximate surface area is 107 Å². The van der Waals surface area contributed by atoms with Gasteiger partial charge in [-0.2, -0.15) is 0 Å². The Morgan fingerprint density at radius 3 is 3.06 bits per heavy atom. The fourth-order valence-corrected chi connectivity index (χ4v) is 2.57. The predicted molar refractivity (Wildman–Crippen MR) is 68.6 cm³/mol. The molecule has 3 unspecified atom stereocenters. The van der Waals surface area contributed by atoms with E-state index in [1.165, 1.54) is 12.3 Å². The second-order valence-corrected chi connectivity index (χ2v) is 5.25. The van der Waals surface area contributed by atoms with E-state index in [4.69, 9.17) is 0 Å². The number of hydrogen-bond acceptors (Lipinski definition) is 3. The average molecular weight is 252 g/mol. The standard InChI is InChI=1S/C14H21FN2O/c1-10(12-6-13(15)9-16-8-12)17-7-11-3-2-4-14(18)5-11/h6,8-11,14,17-18H,2-5,7H2,1H3. The number of aromatic nitrogens is 1. The molecule has 0 aromatic carbocycles. The highest BCUT2D eigenvalue weighted by Gasteiger charge is 2.20. The van der Waals surface area contributed by atoms with Crippen LogP contribution in [0, 0.1) is 11.7 Å². The summed E-state index contributed by atoms with van der Waals surface area (Å²) in [5.74, 6) is 0.229. The molecule has 1 aliphatic carbocycles. The largest absolute Gasteiger partial charge is 0.393 e. The van der Waals surface area contributed by atoms with Crippen LogP contribution in [0.15, 0.2) is 18.5 Å². The highest BCUT2D eigenvalue weighted by molar-refractivity contribution is 5.14. The predicted octanol–water partition coefficient (Wildman–Crippen LogP) is 2.42. The van der Waals surface area contributed by atoms with Crippen LogP contribution in [0.2, 0.25) is 0 Å². The first-order chi connectivity index (χ1) is 8.65. The van der Waals surface area contributed by atoms with Crippen molar-refractivity contribution in [2.24, 2.45) is 5.92 Å². The molecule has 1 aliphatic rings. The van der Waals surface area contributed by atoms with Gasteiger partial charge in [-0.25, -0.2) is 4.39 Å². The molecule has 0 amide bonds. The van der Waals surface area contributed by atoms with E-state index in [-0.39, 0.29) is 18.0 Å². The lowest BCUT2D eigenvalue weighted by Crippen LogP contribution is -2.30. The summed E-state index contributed by atoms with van der Waals surface area (Å²) in [6.07, 6.45) is 6.84. The Kier molecular flexibility index (Phi) is 4.66. The quantitative estimate of drug-likeness (QED) is 0.865. The van der Waals surface area contributed by atoms with Gasteiger partial charge in [-0.1, -0.05) is 6.42 Å². The van der Waals surface area contributed by atoms with Crippen LogP contribution < -0.4 is 5.32 Å². The summed E-state index contributed by atoms with van der Waals surface area (Å²) in [6, 6.07) is 1.60. The summed E-state index contributed by atoms with van der Waals surface area (Å²) in [6.45, 7) is 2.88. The first-order valence-electron chi connectivity index (χ1n) is 6.67. The second kappa shape index (κ2) is 6.25. The van der Waals surface area contributed by atoms with E-state index >= 15 is 0 Å². The molecule has 1 fully saturated rings. The maximum Gasteiger partial charge on any atom is 0.141 e. The highest BCUT2D eigenvalue weighted by atomic mass is 19.1. The molecule has 1 saturated carbocycles. The third kappa shape index (κ3) is 3.75. The summed E-state index contributed by atoms with van der Waals surface area (Å²) in [5, 5.41) is 13.0. The average Bonchev–Trinajstić information content (AvgIpc) is 2.36. The lowest BCUT2D eigenvalue weighted by Gasteiger charge is -2.27. The van der Waals surface area contributed by atoms with E-state index in [0.717, 1.165) is 37.8 Å². The van der Waals surface area contributed by atoms with Gasteiger partial charge >= 0.3 is 0 Å². The molecule has 0 spiro atoms. The summed E-state index contributed by atoms with van der Waals surface area (Å²) in [4.78, 5) is 3.86. The van der Waals surface area contributed by atoms with E-state index in [1.807, 2.05) is 6.92 Å². The zero-order chi connectivity index (χ0) is 13.0. The molecule has 100 valence electrons. The van der Waals surface area contributed by atoms with Gasteiger partial charge in [0.05, 0.1) is 12.3 Å². The Morgan fingerprint density at radius 2 is 2.33 bits per heavy atom. The highest BCUT2D eigenvalue weighted by Crippen LogP contribution is 2.24. The van der Waals surface area contributed by atoms with Crippen molar-refractivity contribution in [1.82, 2.24) is 10.3 Å². The second-order valence-electron chi connectivity index (χ2n) is 5.25. The molecule has 1 aromatic heterocycles. The van der Waals surface area contributed by atoms with Crippen molar-refractivity contribution in [3.8, 4) is 0 Å². The number of aliphatic hydroxyl groups excluding tert-OH is 1. The van der Waals surface area contributed by atoms with Crippen LogP contribution in [0.25, 0.3) is 0 Å². The Bertz CT molecular complexity index is 386. The van der Waals surface area contributed by atoms with E-state index in [9.17, 15) is 9.50 Å². The van der Waals surface area contributed by atoms with Gasteiger partial charge in [-0.05, 0) is 50.3 Å². The van der Waals surface area contributed by atoms with Crippen molar-refractivity contribution in [2.45, 2.75) is 44.8 Å². The van der Waals surface area contributed by atoms with E-state index in [2.05, 4.69) is 10.3 Å². The molecule has 2 N–H and O–H groups in total. The van der Waals surface area contributed by atoms with Crippen molar-refractivity contribution in [3.05, 3.63) is 29.8 Å². The summed E-state index contributed by atoms with van der Waals surface area (Å²) in [5.41, 5.74) is 0.867. The third-order valence-electron chi connectivity index (χ3n) is 3.69. The van der Waals surface area contributed by atoms with Gasteiger partial charge in [0.15, 0.2) is 0 Å². The van der Waals surface area contributed by atoms with Crippen molar-refractivity contribution in [2.75, 3.05) is 6.54 Å². The number of rotatable bonds is 4. The molecular formula is C14H21FN2O. The van der Waals surface area contributed by atoms with Gasteiger partial charge in [0.2, 0.25) is 0 Å². The SMILES string of the molecule is CC(NCC1CCCC(O)C1)c1cncc(F)c1. The summed E-state index contributed by atoms with van der Waals surface area (Å²) in [7, 11) is 0. The van der Waals surface area contributed by atoms with Crippen LogP contribution in [-0.4, -0.2) is 22.7 Å². The van der Waals surface area contributed by atoms with Crippen LogP contribution in [0.4, 0.5) is 4.39 Å². The molecule has 3 nitrogen and oxygen atoms in total. The number of hydrogen-bond donors (Lipinski definition) is 2. The first-order valence-corrected chi connectivity index (χ1v) is 6.67. The van der Waals surface area contributed by atoms with Crippen molar-refractivity contribution in [1.29, 1.82) is 0 Å². The van der Waals surface area contributed by atoms with Crippen LogP contribution >= 0.6 is 0 Å². The van der Waals surface area contributed by atoms with Gasteiger partial charge < -0.3 is 10.4 Å². The molecule has 0 aliphatic heterocycles. The van der Waals surface area contributed by atoms with Crippen LogP contribution in [-0.2, 0) is 0 Å². The summed E-state index contributed by atoms with van der Waals surface area (Å²) >= 11 is 0. The smallest absolute Gasteiger partial charge is 0.141 e. The monoisotopic (exact) mass is 252 g/mol. The fraction of sp³-hybridized carbons (Fsp3) is 0.643. The molecule has 2 rings (SSSR count). The lowest BCUT2D eigenvalue weighted by atomic mass is 9.87. The zero-order valence-corrected chi connectivity index (χ0v) is 10.8. The number of aliphatic hydroxyl groups is 1. The normalized spacial score (nSPS) is 25.9. The fourth-order valence-electron chi connectivity index (χ4n) is 2.57. The van der Waals surface area contributed by atoms with Gasteiger partial charge in [0, 0.05) is 12.2 Å². The number of nitrogens with one attached hydrogen (secondary N) is 1. The molecule has 4 heteroatoms. The maximum atomic E-state index is 13.1. The molecule has 3 atom stereocenters. The van der Waals surface area contributed by atoms with Crippen molar-refractivity contribution < 1.29 is 9.50 Å². The molecule has 0 radical (unpaired) electrons. The third-order valence-corrected chi connectivity index (χ3v) is 3.69. The van der Waals surface area contributed by atoms with Crippen LogP contribution in [0.3, 0.4) is 0 Å². The molecule has 1 heterocycles. The Morgan fingerprint density at radius 1 is 1.50 bits per heavy atom. The minimum atomic E-state index is -0.297. The van der Waals surface area contributed by atoms with Gasteiger partial charge in [0.1, 0.15) is 5.82 Å². The van der Waals surface area contributed by atoms with Gasteiger partial charge in [-0.3, -0.25) is 4.98 Å². The maximum absolute atomic E-state index is 13.1. The van der Waals surface area contributed by atoms with Crippen molar-refractivity contribution in [3.63, 3.8) is 0 Å². The molecule has 0 saturated heterocycles.